The van der Waals surface area contributed by atoms with E-state index in [1.54, 1.807) is 0 Å². The van der Waals surface area contributed by atoms with E-state index in [1.807, 2.05) is 67.6 Å². The molecule has 0 unspecified atom stereocenters. The molecule has 3 nitrogen and oxygen atoms in total. The van der Waals surface area contributed by atoms with E-state index in [1.165, 1.54) is 6.26 Å². The Morgan fingerprint density at radius 2 is 1.61 bits per heavy atom. The van der Waals surface area contributed by atoms with Crippen LogP contribution in [0.5, 0.6) is 0 Å². The first-order valence-electron chi connectivity index (χ1n) is 7.36. The molecule has 0 aliphatic heterocycles. The van der Waals surface area contributed by atoms with Crippen molar-refractivity contribution in [1.29, 1.82) is 0 Å². The molecule has 0 radical (unpaired) electrons. The van der Waals surface area contributed by atoms with Crippen LogP contribution in [0.25, 0.3) is 0 Å². The van der Waals surface area contributed by atoms with Crippen LogP contribution in [0.3, 0.4) is 0 Å². The highest BCUT2D eigenvalue weighted by atomic mass is 31.2. The molecule has 2 aromatic rings. The van der Waals surface area contributed by atoms with Crippen molar-refractivity contribution >= 4 is 17.8 Å². The first kappa shape index (κ1) is 17.1. The van der Waals surface area contributed by atoms with Gasteiger partial charge in [-0.25, -0.2) is 0 Å². The highest BCUT2D eigenvalue weighted by Crippen LogP contribution is 2.51. The molecule has 23 heavy (non-hydrogen) atoms. The van der Waals surface area contributed by atoms with Crippen molar-refractivity contribution in [2.75, 3.05) is 13.2 Å². The van der Waals surface area contributed by atoms with Crippen LogP contribution < -0.4 is 10.6 Å². The molecule has 0 atom stereocenters. The van der Waals surface area contributed by atoms with Gasteiger partial charge < -0.3 is 14.4 Å². The summed E-state index contributed by atoms with van der Waals surface area (Å²) < 4.78 is 19.4. The Hall–Kier alpha value is -2.27. The third-order valence-electron chi connectivity index (χ3n) is 3.24. The molecule has 0 fully saturated rings. The maximum atomic E-state index is 14.0. The monoisotopic (exact) mass is 326 g/mol. The molecule has 4 heteroatoms. The fraction of sp³-hybridized carbons (Fsp3) is 0.158. The van der Waals surface area contributed by atoms with Crippen LogP contribution in [0, 0.1) is 11.8 Å². The zero-order valence-electron chi connectivity index (χ0n) is 13.0. The van der Waals surface area contributed by atoms with Crippen LogP contribution in [0.4, 0.5) is 0 Å². The lowest BCUT2D eigenvalue weighted by atomic mass is 10.4. The number of hydrogen-bond donors (Lipinski definition) is 1. The van der Waals surface area contributed by atoms with Gasteiger partial charge in [-0.05, 0) is 6.92 Å². The Labute approximate surface area is 137 Å². The average molecular weight is 326 g/mol. The van der Waals surface area contributed by atoms with Gasteiger partial charge in [-0.2, -0.15) is 0 Å². The predicted molar refractivity (Wildman–Crippen MR) is 94.3 cm³/mol. The number of hydrogen-bond acceptors (Lipinski definition) is 3. The highest BCUT2D eigenvalue weighted by Gasteiger charge is 2.31. The Morgan fingerprint density at radius 3 is 2.04 bits per heavy atom. The van der Waals surface area contributed by atoms with E-state index in [9.17, 15) is 4.57 Å². The minimum atomic E-state index is -3.14. The van der Waals surface area contributed by atoms with E-state index in [2.05, 4.69) is 11.8 Å². The summed E-state index contributed by atoms with van der Waals surface area (Å²) in [6.07, 6.45) is 1.45. The van der Waals surface area contributed by atoms with E-state index >= 15 is 0 Å². The molecule has 0 heterocycles. The van der Waals surface area contributed by atoms with Crippen molar-refractivity contribution < 1.29 is 14.4 Å². The second-order valence-electron chi connectivity index (χ2n) is 4.70. The first-order chi connectivity index (χ1) is 11.2. The number of ether oxygens (including phenoxy) is 1. The third-order valence-corrected chi connectivity index (χ3v) is 6.18. The second kappa shape index (κ2) is 8.39. The molecule has 0 aromatic heterocycles. The van der Waals surface area contributed by atoms with Crippen LogP contribution in [0.1, 0.15) is 6.92 Å². The molecule has 0 saturated heterocycles. The number of aliphatic hydroxyl groups excluding tert-OH is 1. The molecule has 1 N–H and O–H groups in total. The van der Waals surface area contributed by atoms with E-state index in [0.717, 1.165) is 0 Å². The maximum Gasteiger partial charge on any atom is 0.182 e. The number of benzene rings is 2. The minimum absolute atomic E-state index is 0.299. The fourth-order valence-corrected chi connectivity index (χ4v) is 4.68. The molecular formula is C19H19O3P. The van der Waals surface area contributed by atoms with E-state index < -0.39 is 7.14 Å². The molecule has 0 aliphatic rings. The Kier molecular flexibility index (Phi) is 6.23. The fourth-order valence-electron chi connectivity index (χ4n) is 2.18. The van der Waals surface area contributed by atoms with Crippen LogP contribution >= 0.6 is 7.14 Å². The van der Waals surface area contributed by atoms with Crippen LogP contribution in [-0.2, 0) is 9.30 Å². The molecular weight excluding hydrogens is 307 g/mol. The Balaban J connectivity index is 2.68. The van der Waals surface area contributed by atoms with E-state index in [4.69, 9.17) is 9.84 Å². The summed E-state index contributed by atoms with van der Waals surface area (Å²) in [6.45, 7) is 2.00. The van der Waals surface area contributed by atoms with Crippen molar-refractivity contribution in [2.24, 2.45) is 0 Å². The van der Waals surface area contributed by atoms with Crippen LogP contribution in [0.2, 0.25) is 0 Å². The van der Waals surface area contributed by atoms with Gasteiger partial charge in [0.15, 0.2) is 7.14 Å². The molecule has 2 aromatic carbocycles. The molecule has 0 bridgehead atoms. The van der Waals surface area contributed by atoms with Gasteiger partial charge in [0.1, 0.15) is 18.2 Å². The first-order valence-corrected chi connectivity index (χ1v) is 9.07. The quantitative estimate of drug-likeness (QED) is 0.522. The van der Waals surface area contributed by atoms with Gasteiger partial charge in [-0.3, -0.25) is 0 Å². The van der Waals surface area contributed by atoms with Gasteiger partial charge in [0.25, 0.3) is 0 Å². The lowest BCUT2D eigenvalue weighted by molar-refractivity contribution is 0.268. The van der Waals surface area contributed by atoms with Gasteiger partial charge in [0.05, 0.1) is 6.61 Å². The zero-order chi connectivity index (χ0) is 16.5. The molecule has 2 rings (SSSR count). The van der Waals surface area contributed by atoms with Crippen molar-refractivity contribution in [3.05, 3.63) is 72.2 Å². The maximum absolute atomic E-state index is 14.0. The topological polar surface area (TPSA) is 46.5 Å². The van der Waals surface area contributed by atoms with Gasteiger partial charge >= 0.3 is 0 Å². The summed E-state index contributed by atoms with van der Waals surface area (Å²) in [5.74, 6) is 5.40. The van der Waals surface area contributed by atoms with E-state index in [0.29, 0.717) is 22.5 Å². The summed E-state index contributed by atoms with van der Waals surface area (Å²) in [4.78, 5) is 0. The normalized spacial score (nSPS) is 11.5. The summed E-state index contributed by atoms with van der Waals surface area (Å²) in [5, 5.41) is 10.8. The third kappa shape index (κ3) is 3.93. The van der Waals surface area contributed by atoms with Crippen molar-refractivity contribution in [1.82, 2.24) is 0 Å². The van der Waals surface area contributed by atoms with Gasteiger partial charge in [-0.15, -0.1) is 0 Å². The Bertz CT molecular complexity index is 712. The SMILES string of the molecule is CCO/C=C(\C#CCO)P(=O)(c1ccccc1)c1ccccc1. The van der Waals surface area contributed by atoms with Crippen molar-refractivity contribution in [2.45, 2.75) is 6.92 Å². The van der Waals surface area contributed by atoms with Gasteiger partial charge in [0.2, 0.25) is 0 Å². The Morgan fingerprint density at radius 1 is 1.09 bits per heavy atom. The molecule has 0 amide bonds. The lowest BCUT2D eigenvalue weighted by Gasteiger charge is -2.19. The number of rotatable bonds is 5. The second-order valence-corrected chi connectivity index (χ2v) is 7.43. The number of aliphatic hydroxyl groups is 1. The molecule has 0 aliphatic carbocycles. The van der Waals surface area contributed by atoms with Gasteiger partial charge in [-0.1, -0.05) is 72.5 Å². The smallest absolute Gasteiger partial charge is 0.182 e. The van der Waals surface area contributed by atoms with Crippen LogP contribution in [0.15, 0.2) is 72.2 Å². The summed E-state index contributed by atoms with van der Waals surface area (Å²) in [6, 6.07) is 18.5. The largest absolute Gasteiger partial charge is 0.500 e. The summed E-state index contributed by atoms with van der Waals surface area (Å²) in [5.41, 5.74) is 0. The minimum Gasteiger partial charge on any atom is -0.500 e. The predicted octanol–water partition coefficient (Wildman–Crippen LogP) is 2.87. The standard InChI is InChI=1S/C19H19O3P/c1-2-22-16-19(14-9-15-20)23(21,17-10-5-3-6-11-17)18-12-7-4-8-13-18/h3-8,10-13,16,20H,2,15H2,1H3/b19-16+. The number of allylic oxidation sites excluding steroid dienone is 1. The highest BCUT2D eigenvalue weighted by molar-refractivity contribution is 7.82. The zero-order valence-corrected chi connectivity index (χ0v) is 13.9. The average Bonchev–Trinajstić information content (AvgIpc) is 2.62. The molecule has 0 saturated carbocycles. The van der Waals surface area contributed by atoms with Gasteiger partial charge in [0, 0.05) is 10.6 Å². The molecule has 118 valence electrons. The van der Waals surface area contributed by atoms with E-state index in [-0.39, 0.29) is 6.61 Å². The van der Waals surface area contributed by atoms with Crippen LogP contribution in [-0.4, -0.2) is 18.3 Å². The van der Waals surface area contributed by atoms with Crippen molar-refractivity contribution in [3.8, 4) is 11.8 Å². The molecule has 0 spiro atoms. The summed E-state index contributed by atoms with van der Waals surface area (Å²) in [7, 11) is -3.14. The summed E-state index contributed by atoms with van der Waals surface area (Å²) >= 11 is 0. The van der Waals surface area contributed by atoms with Crippen molar-refractivity contribution in [3.63, 3.8) is 0 Å². The lowest BCUT2D eigenvalue weighted by Crippen LogP contribution is -2.17.